The number of nitrogens with two attached hydrogens (primary N) is 1. The van der Waals surface area contributed by atoms with E-state index in [1.807, 2.05) is 0 Å². The number of sulfonamides is 1. The van der Waals surface area contributed by atoms with Crippen molar-refractivity contribution in [2.75, 3.05) is 10.5 Å². The number of nitrogen functional groups attached to an aromatic ring is 1. The SMILES string of the molecule is Nc1ccc(CS(=O)(=O)Nc2cccc(Cl)c2Br)cc1. The minimum atomic E-state index is -3.52. The van der Waals surface area contributed by atoms with E-state index in [9.17, 15) is 8.42 Å². The van der Waals surface area contributed by atoms with Crippen molar-refractivity contribution in [1.82, 2.24) is 0 Å². The fourth-order valence-electron chi connectivity index (χ4n) is 1.62. The summed E-state index contributed by atoms with van der Waals surface area (Å²) < 4.78 is 27.2. The van der Waals surface area contributed by atoms with Gasteiger partial charge in [-0.25, -0.2) is 8.42 Å². The average molecular weight is 376 g/mol. The normalized spacial score (nSPS) is 11.3. The van der Waals surface area contributed by atoms with Gasteiger partial charge in [0, 0.05) is 5.69 Å². The summed E-state index contributed by atoms with van der Waals surface area (Å²) >= 11 is 9.18. The zero-order chi connectivity index (χ0) is 14.8. The monoisotopic (exact) mass is 374 g/mol. The first-order valence-electron chi connectivity index (χ1n) is 5.66. The van der Waals surface area contributed by atoms with E-state index in [0.717, 1.165) is 0 Å². The van der Waals surface area contributed by atoms with Crippen LogP contribution in [0.4, 0.5) is 11.4 Å². The summed E-state index contributed by atoms with van der Waals surface area (Å²) in [5.41, 5.74) is 7.23. The molecule has 0 unspecified atom stereocenters. The third-order valence-electron chi connectivity index (χ3n) is 2.55. The summed E-state index contributed by atoms with van der Waals surface area (Å²) in [5.74, 6) is -0.133. The third kappa shape index (κ3) is 3.88. The van der Waals surface area contributed by atoms with Crippen LogP contribution >= 0.6 is 27.5 Å². The Labute approximate surface area is 131 Å². The van der Waals surface area contributed by atoms with Crippen LogP contribution in [0.2, 0.25) is 5.02 Å². The van der Waals surface area contributed by atoms with Crippen LogP contribution < -0.4 is 10.5 Å². The van der Waals surface area contributed by atoms with Gasteiger partial charge in [0.1, 0.15) is 0 Å². The average Bonchev–Trinajstić information content (AvgIpc) is 2.37. The number of anilines is 2. The first-order chi connectivity index (χ1) is 9.37. The molecule has 0 spiro atoms. The van der Waals surface area contributed by atoms with Crippen LogP contribution in [-0.4, -0.2) is 8.42 Å². The minimum Gasteiger partial charge on any atom is -0.399 e. The topological polar surface area (TPSA) is 72.2 Å². The predicted molar refractivity (Wildman–Crippen MR) is 86.3 cm³/mol. The maximum atomic E-state index is 12.1. The number of hydrogen-bond donors (Lipinski definition) is 2. The Hall–Kier alpha value is -1.24. The lowest BCUT2D eigenvalue weighted by molar-refractivity contribution is 0.600. The molecule has 0 aliphatic carbocycles. The largest absolute Gasteiger partial charge is 0.399 e. The zero-order valence-corrected chi connectivity index (χ0v) is 13.5. The molecule has 2 aromatic carbocycles. The molecule has 2 aromatic rings. The van der Waals surface area contributed by atoms with Gasteiger partial charge in [-0.15, -0.1) is 0 Å². The molecule has 0 aliphatic heterocycles. The van der Waals surface area contributed by atoms with Gasteiger partial charge >= 0.3 is 0 Å². The van der Waals surface area contributed by atoms with Crippen molar-refractivity contribution in [2.45, 2.75) is 5.75 Å². The molecule has 0 atom stereocenters. The number of benzene rings is 2. The lowest BCUT2D eigenvalue weighted by atomic mass is 10.2. The molecule has 0 amide bonds. The molecule has 20 heavy (non-hydrogen) atoms. The van der Waals surface area contributed by atoms with E-state index in [1.54, 1.807) is 42.5 Å². The lowest BCUT2D eigenvalue weighted by Gasteiger charge is -2.10. The maximum absolute atomic E-state index is 12.1. The van der Waals surface area contributed by atoms with E-state index in [1.165, 1.54) is 0 Å². The van der Waals surface area contributed by atoms with Gasteiger partial charge in [-0.2, -0.15) is 0 Å². The van der Waals surface area contributed by atoms with Crippen LogP contribution in [0.1, 0.15) is 5.56 Å². The van der Waals surface area contributed by atoms with Crippen molar-refractivity contribution in [3.63, 3.8) is 0 Å². The lowest BCUT2D eigenvalue weighted by Crippen LogP contribution is -2.15. The Bertz CT molecular complexity index is 718. The van der Waals surface area contributed by atoms with Crippen molar-refractivity contribution in [1.29, 1.82) is 0 Å². The van der Waals surface area contributed by atoms with Crippen LogP contribution in [0.3, 0.4) is 0 Å². The van der Waals surface area contributed by atoms with Crippen molar-refractivity contribution in [3.8, 4) is 0 Å². The van der Waals surface area contributed by atoms with Gasteiger partial charge in [0.15, 0.2) is 0 Å². The van der Waals surface area contributed by atoms with E-state index in [-0.39, 0.29) is 5.75 Å². The van der Waals surface area contributed by atoms with E-state index in [2.05, 4.69) is 20.7 Å². The van der Waals surface area contributed by atoms with Crippen molar-refractivity contribution >= 4 is 48.9 Å². The van der Waals surface area contributed by atoms with Crippen LogP contribution in [0.25, 0.3) is 0 Å². The van der Waals surface area contributed by atoms with Crippen LogP contribution in [0.5, 0.6) is 0 Å². The Morgan fingerprint density at radius 1 is 1.15 bits per heavy atom. The summed E-state index contributed by atoms with van der Waals surface area (Å²) in [6, 6.07) is 11.7. The summed E-state index contributed by atoms with van der Waals surface area (Å²) in [6.45, 7) is 0. The highest BCUT2D eigenvalue weighted by molar-refractivity contribution is 9.10. The van der Waals surface area contributed by atoms with Crippen molar-refractivity contribution in [3.05, 3.63) is 57.5 Å². The number of hydrogen-bond acceptors (Lipinski definition) is 3. The fourth-order valence-corrected chi connectivity index (χ4v) is 3.50. The van der Waals surface area contributed by atoms with E-state index in [0.29, 0.717) is 26.4 Å². The van der Waals surface area contributed by atoms with E-state index < -0.39 is 10.0 Å². The molecule has 0 bridgehead atoms. The first-order valence-corrected chi connectivity index (χ1v) is 8.48. The second-order valence-electron chi connectivity index (χ2n) is 4.20. The molecule has 0 aliphatic rings. The molecule has 106 valence electrons. The van der Waals surface area contributed by atoms with Gasteiger partial charge in [0.05, 0.1) is 20.9 Å². The third-order valence-corrected chi connectivity index (χ3v) is 5.20. The van der Waals surface area contributed by atoms with Gasteiger partial charge in [0.25, 0.3) is 0 Å². The smallest absolute Gasteiger partial charge is 0.236 e. The highest BCUT2D eigenvalue weighted by Crippen LogP contribution is 2.31. The maximum Gasteiger partial charge on any atom is 0.236 e. The molecule has 0 aromatic heterocycles. The second-order valence-corrected chi connectivity index (χ2v) is 7.13. The van der Waals surface area contributed by atoms with Crippen molar-refractivity contribution < 1.29 is 8.42 Å². The molecule has 0 fully saturated rings. The molecule has 0 saturated carbocycles. The Balaban J connectivity index is 2.19. The highest BCUT2D eigenvalue weighted by atomic mass is 79.9. The zero-order valence-electron chi connectivity index (χ0n) is 10.3. The van der Waals surface area contributed by atoms with Crippen molar-refractivity contribution in [2.24, 2.45) is 0 Å². The van der Waals surface area contributed by atoms with Crippen LogP contribution in [-0.2, 0) is 15.8 Å². The summed E-state index contributed by atoms with van der Waals surface area (Å²) in [7, 11) is -3.52. The van der Waals surface area contributed by atoms with E-state index in [4.69, 9.17) is 17.3 Å². The van der Waals surface area contributed by atoms with Crippen LogP contribution in [0.15, 0.2) is 46.9 Å². The number of rotatable bonds is 4. The van der Waals surface area contributed by atoms with Gasteiger partial charge in [-0.05, 0) is 45.8 Å². The first kappa shape index (κ1) is 15.2. The second kappa shape index (κ2) is 6.03. The van der Waals surface area contributed by atoms with E-state index >= 15 is 0 Å². The minimum absolute atomic E-state index is 0.133. The Morgan fingerprint density at radius 2 is 1.80 bits per heavy atom. The summed E-state index contributed by atoms with van der Waals surface area (Å²) in [6.07, 6.45) is 0. The Morgan fingerprint density at radius 3 is 2.45 bits per heavy atom. The van der Waals surface area contributed by atoms with Crippen LogP contribution in [0, 0.1) is 0 Å². The molecule has 0 heterocycles. The molecule has 2 rings (SSSR count). The molecular formula is C13H12BrClN2O2S. The highest BCUT2D eigenvalue weighted by Gasteiger charge is 2.14. The van der Waals surface area contributed by atoms with Gasteiger partial charge in [-0.1, -0.05) is 29.8 Å². The molecular weight excluding hydrogens is 364 g/mol. The predicted octanol–water partition coefficient (Wildman–Crippen LogP) is 3.63. The molecule has 4 nitrogen and oxygen atoms in total. The number of halogens is 2. The van der Waals surface area contributed by atoms with Gasteiger partial charge in [-0.3, -0.25) is 4.72 Å². The fraction of sp³-hybridized carbons (Fsp3) is 0.0769. The Kier molecular flexibility index (Phi) is 4.57. The molecule has 0 radical (unpaired) electrons. The molecule has 7 heteroatoms. The summed E-state index contributed by atoms with van der Waals surface area (Å²) in [4.78, 5) is 0. The molecule has 3 N–H and O–H groups in total. The quantitative estimate of drug-likeness (QED) is 0.802. The standard InChI is InChI=1S/C13H12BrClN2O2S/c14-13-11(15)2-1-3-12(13)17-20(18,19)8-9-4-6-10(16)7-5-9/h1-7,17H,8,16H2. The van der Waals surface area contributed by atoms with Gasteiger partial charge < -0.3 is 5.73 Å². The number of nitrogens with one attached hydrogen (secondary N) is 1. The molecule has 0 saturated heterocycles. The summed E-state index contributed by atoms with van der Waals surface area (Å²) in [5, 5.41) is 0.442. The van der Waals surface area contributed by atoms with Gasteiger partial charge in [0.2, 0.25) is 10.0 Å².